The van der Waals surface area contributed by atoms with Crippen molar-refractivity contribution in [2.24, 2.45) is 0 Å². The molecule has 0 unspecified atom stereocenters. The van der Waals surface area contributed by atoms with Gasteiger partial charge in [-0.1, -0.05) is 25.0 Å². The standard InChI is InChI=1S/C21H24N4O/c1-2-24-13-6-14-25(16-15-24)21(26)23-20-9-5-7-18(17-20)10-11-19-8-3-4-12-22-19/h3-5,7-9,12,17H,2,6,13-16H2,1H3,(H,23,26). The number of urea groups is 1. The average molecular weight is 348 g/mol. The number of benzene rings is 1. The second-order valence-electron chi connectivity index (χ2n) is 6.25. The molecular weight excluding hydrogens is 324 g/mol. The molecule has 1 aromatic heterocycles. The number of carbonyl (C=O) groups is 1. The predicted octanol–water partition coefficient (Wildman–Crippen LogP) is 3.04. The highest BCUT2D eigenvalue weighted by Gasteiger charge is 2.18. The quantitative estimate of drug-likeness (QED) is 0.849. The van der Waals surface area contributed by atoms with Gasteiger partial charge in [0.05, 0.1) is 0 Å². The number of nitrogens with one attached hydrogen (secondary N) is 1. The van der Waals surface area contributed by atoms with Gasteiger partial charge in [0.2, 0.25) is 0 Å². The second kappa shape index (κ2) is 9.02. The summed E-state index contributed by atoms with van der Waals surface area (Å²) in [5.41, 5.74) is 2.34. The van der Waals surface area contributed by atoms with Crippen molar-refractivity contribution in [3.05, 3.63) is 59.9 Å². The molecule has 134 valence electrons. The van der Waals surface area contributed by atoms with E-state index in [0.717, 1.165) is 56.1 Å². The van der Waals surface area contributed by atoms with Crippen LogP contribution in [-0.2, 0) is 0 Å². The summed E-state index contributed by atoms with van der Waals surface area (Å²) in [5.74, 6) is 6.13. The average Bonchev–Trinajstić information content (AvgIpc) is 2.93. The summed E-state index contributed by atoms with van der Waals surface area (Å²) in [5, 5.41) is 3.00. The minimum Gasteiger partial charge on any atom is -0.323 e. The van der Waals surface area contributed by atoms with Gasteiger partial charge in [0, 0.05) is 37.1 Å². The number of nitrogens with zero attached hydrogens (tertiary/aromatic N) is 3. The Hall–Kier alpha value is -2.84. The summed E-state index contributed by atoms with van der Waals surface area (Å²) in [7, 11) is 0. The first-order valence-corrected chi connectivity index (χ1v) is 9.06. The van der Waals surface area contributed by atoms with Crippen LogP contribution in [0.2, 0.25) is 0 Å². The lowest BCUT2D eigenvalue weighted by atomic mass is 10.2. The number of aromatic nitrogens is 1. The largest absolute Gasteiger partial charge is 0.323 e. The summed E-state index contributed by atoms with van der Waals surface area (Å²) in [6.45, 7) is 6.73. The molecule has 5 heteroatoms. The lowest BCUT2D eigenvalue weighted by Crippen LogP contribution is -2.38. The van der Waals surface area contributed by atoms with E-state index in [2.05, 4.69) is 34.0 Å². The van der Waals surface area contributed by atoms with E-state index in [1.807, 2.05) is 47.4 Å². The molecule has 3 rings (SSSR count). The van der Waals surface area contributed by atoms with E-state index in [4.69, 9.17) is 0 Å². The molecule has 1 fully saturated rings. The summed E-state index contributed by atoms with van der Waals surface area (Å²) in [6, 6.07) is 13.2. The highest BCUT2D eigenvalue weighted by atomic mass is 16.2. The molecule has 0 aliphatic carbocycles. The Morgan fingerprint density at radius 1 is 1.12 bits per heavy atom. The molecule has 26 heavy (non-hydrogen) atoms. The molecule has 0 bridgehead atoms. The summed E-state index contributed by atoms with van der Waals surface area (Å²) >= 11 is 0. The van der Waals surface area contributed by atoms with Gasteiger partial charge in [-0.05, 0) is 55.8 Å². The zero-order valence-electron chi connectivity index (χ0n) is 15.1. The van der Waals surface area contributed by atoms with Gasteiger partial charge in [-0.15, -0.1) is 0 Å². The smallest absolute Gasteiger partial charge is 0.321 e. The minimum absolute atomic E-state index is 0.0437. The number of amides is 2. The molecule has 2 heterocycles. The SMILES string of the molecule is CCN1CCCN(C(=O)Nc2cccc(C#Cc3ccccn3)c2)CC1. The van der Waals surface area contributed by atoms with E-state index in [-0.39, 0.29) is 6.03 Å². The first-order valence-electron chi connectivity index (χ1n) is 9.06. The maximum Gasteiger partial charge on any atom is 0.321 e. The molecule has 1 aliphatic heterocycles. The maximum absolute atomic E-state index is 12.6. The molecule has 5 nitrogen and oxygen atoms in total. The normalized spacial score (nSPS) is 14.9. The Morgan fingerprint density at radius 3 is 2.85 bits per heavy atom. The van der Waals surface area contributed by atoms with E-state index < -0.39 is 0 Å². The molecule has 1 N–H and O–H groups in total. The van der Waals surface area contributed by atoms with Crippen molar-refractivity contribution in [2.75, 3.05) is 38.0 Å². The van der Waals surface area contributed by atoms with Gasteiger partial charge in [0.15, 0.2) is 0 Å². The summed E-state index contributed by atoms with van der Waals surface area (Å²) in [6.07, 6.45) is 2.73. The number of carbonyl (C=O) groups excluding carboxylic acids is 1. The van der Waals surface area contributed by atoms with Crippen LogP contribution in [-0.4, -0.2) is 53.5 Å². The number of pyridine rings is 1. The van der Waals surface area contributed by atoms with E-state index in [0.29, 0.717) is 0 Å². The molecule has 0 atom stereocenters. The Balaban J connectivity index is 1.63. The molecule has 0 saturated carbocycles. The monoisotopic (exact) mass is 348 g/mol. The van der Waals surface area contributed by atoms with Gasteiger partial charge < -0.3 is 15.1 Å². The number of anilines is 1. The zero-order valence-corrected chi connectivity index (χ0v) is 15.1. The van der Waals surface area contributed by atoms with Crippen LogP contribution in [0, 0.1) is 11.8 Å². The number of rotatable bonds is 2. The Labute approximate surface area is 155 Å². The molecule has 0 spiro atoms. The Morgan fingerprint density at radius 2 is 2.04 bits per heavy atom. The molecule has 2 amide bonds. The minimum atomic E-state index is -0.0437. The van der Waals surface area contributed by atoms with Gasteiger partial charge in [-0.25, -0.2) is 9.78 Å². The highest BCUT2D eigenvalue weighted by Crippen LogP contribution is 2.12. The van der Waals surface area contributed by atoms with Crippen molar-refractivity contribution in [2.45, 2.75) is 13.3 Å². The predicted molar refractivity (Wildman–Crippen MR) is 104 cm³/mol. The van der Waals surface area contributed by atoms with Crippen LogP contribution in [0.4, 0.5) is 10.5 Å². The first-order chi connectivity index (χ1) is 12.7. The van der Waals surface area contributed by atoms with Gasteiger partial charge in [0.1, 0.15) is 5.69 Å². The zero-order chi connectivity index (χ0) is 18.2. The lowest BCUT2D eigenvalue weighted by molar-refractivity contribution is 0.212. The highest BCUT2D eigenvalue weighted by molar-refractivity contribution is 5.89. The molecule has 1 saturated heterocycles. The van der Waals surface area contributed by atoms with Crippen LogP contribution in [0.3, 0.4) is 0 Å². The number of likely N-dealkylation sites (N-methyl/N-ethyl adjacent to an activating group) is 1. The summed E-state index contributed by atoms with van der Waals surface area (Å²) in [4.78, 5) is 21.0. The van der Waals surface area contributed by atoms with E-state index >= 15 is 0 Å². The fourth-order valence-electron chi connectivity index (χ4n) is 2.94. The van der Waals surface area contributed by atoms with Crippen molar-refractivity contribution in [1.29, 1.82) is 0 Å². The van der Waals surface area contributed by atoms with Crippen molar-refractivity contribution in [3.63, 3.8) is 0 Å². The third kappa shape index (κ3) is 5.08. The van der Waals surface area contributed by atoms with Crippen LogP contribution in [0.5, 0.6) is 0 Å². The Kier molecular flexibility index (Phi) is 6.24. The van der Waals surface area contributed by atoms with E-state index in [1.54, 1.807) is 6.20 Å². The molecule has 1 aliphatic rings. The fraction of sp³-hybridized carbons (Fsp3) is 0.333. The number of hydrogen-bond donors (Lipinski definition) is 1. The van der Waals surface area contributed by atoms with Gasteiger partial charge in [-0.3, -0.25) is 0 Å². The van der Waals surface area contributed by atoms with Crippen LogP contribution in [0.25, 0.3) is 0 Å². The number of hydrogen-bond acceptors (Lipinski definition) is 3. The fourth-order valence-corrected chi connectivity index (χ4v) is 2.94. The Bertz CT molecular complexity index is 794. The van der Waals surface area contributed by atoms with Crippen molar-refractivity contribution in [3.8, 4) is 11.8 Å². The first kappa shape index (κ1) is 18.0. The maximum atomic E-state index is 12.6. The van der Waals surface area contributed by atoms with Gasteiger partial charge in [-0.2, -0.15) is 0 Å². The van der Waals surface area contributed by atoms with Crippen LogP contribution in [0.15, 0.2) is 48.7 Å². The van der Waals surface area contributed by atoms with E-state index in [9.17, 15) is 4.79 Å². The van der Waals surface area contributed by atoms with Crippen LogP contribution < -0.4 is 5.32 Å². The third-order valence-corrected chi connectivity index (χ3v) is 4.44. The van der Waals surface area contributed by atoms with Crippen LogP contribution in [0.1, 0.15) is 24.6 Å². The third-order valence-electron chi connectivity index (χ3n) is 4.44. The van der Waals surface area contributed by atoms with Crippen molar-refractivity contribution >= 4 is 11.7 Å². The van der Waals surface area contributed by atoms with E-state index in [1.165, 1.54) is 0 Å². The van der Waals surface area contributed by atoms with Crippen molar-refractivity contribution in [1.82, 2.24) is 14.8 Å². The molecule has 2 aromatic rings. The summed E-state index contributed by atoms with van der Waals surface area (Å²) < 4.78 is 0. The lowest BCUT2D eigenvalue weighted by Gasteiger charge is -2.21. The van der Waals surface area contributed by atoms with Crippen molar-refractivity contribution < 1.29 is 4.79 Å². The topological polar surface area (TPSA) is 48.5 Å². The molecule has 1 aromatic carbocycles. The molecular formula is C21H24N4O. The van der Waals surface area contributed by atoms with Gasteiger partial charge >= 0.3 is 6.03 Å². The molecule has 0 radical (unpaired) electrons. The van der Waals surface area contributed by atoms with Gasteiger partial charge in [0.25, 0.3) is 0 Å². The second-order valence-corrected chi connectivity index (χ2v) is 6.25. The van der Waals surface area contributed by atoms with Crippen LogP contribution >= 0.6 is 0 Å².